The van der Waals surface area contributed by atoms with E-state index >= 15 is 0 Å². The fraction of sp³-hybridized carbons (Fsp3) is 0.643. The Hall–Kier alpha value is -0.900. The van der Waals surface area contributed by atoms with Gasteiger partial charge in [-0.05, 0) is 48.8 Å². The predicted molar refractivity (Wildman–Crippen MR) is 73.4 cm³/mol. The summed E-state index contributed by atoms with van der Waals surface area (Å²) in [5.41, 5.74) is 3.57. The number of nitrogens with zero attached hydrogens (tertiary/aromatic N) is 1. The number of pyridine rings is 1. The molecule has 1 unspecified atom stereocenters. The second-order valence-electron chi connectivity index (χ2n) is 5.69. The molecule has 1 aliphatic carbocycles. The average molecular weight is 267 g/mol. The van der Waals surface area contributed by atoms with Crippen molar-refractivity contribution in [3.63, 3.8) is 0 Å². The highest BCUT2D eigenvalue weighted by Crippen LogP contribution is 2.27. The minimum absolute atomic E-state index is 0.222. The summed E-state index contributed by atoms with van der Waals surface area (Å²) in [6.07, 6.45) is 6.35. The highest BCUT2D eigenvalue weighted by atomic mass is 32.2. The van der Waals surface area contributed by atoms with E-state index in [-0.39, 0.29) is 5.25 Å². The Morgan fingerprint density at radius 2 is 2.17 bits per heavy atom. The molecule has 0 saturated heterocycles. The number of fused-ring (bicyclic) bond motifs is 1. The monoisotopic (exact) mass is 267 g/mol. The zero-order valence-electron chi connectivity index (χ0n) is 11.3. The van der Waals surface area contributed by atoms with E-state index in [1.165, 1.54) is 17.4 Å². The van der Waals surface area contributed by atoms with E-state index in [9.17, 15) is 8.42 Å². The standard InChI is InChI=1S/C14H21NO2S/c1-10(2)8-11-6-7-15-14-5-4-12(9-13(11)14)18(3,16)17/h6-7,10,12H,4-5,8-9H2,1-3H3. The Bertz CT molecular complexity index is 535. The molecule has 0 saturated carbocycles. The number of sulfone groups is 1. The molecule has 1 aromatic rings. The van der Waals surface area contributed by atoms with Gasteiger partial charge in [0.2, 0.25) is 0 Å². The molecule has 100 valence electrons. The van der Waals surface area contributed by atoms with E-state index in [0.29, 0.717) is 18.8 Å². The van der Waals surface area contributed by atoms with Crippen LogP contribution in [0.4, 0.5) is 0 Å². The molecule has 3 nitrogen and oxygen atoms in total. The van der Waals surface area contributed by atoms with Crippen LogP contribution in [0.1, 0.15) is 37.1 Å². The Labute approximate surface area is 110 Å². The molecule has 0 fully saturated rings. The van der Waals surface area contributed by atoms with Crippen LogP contribution in [0, 0.1) is 5.92 Å². The number of hydrogen-bond donors (Lipinski definition) is 0. The third kappa shape index (κ3) is 2.91. The van der Waals surface area contributed by atoms with Crippen molar-refractivity contribution in [3.8, 4) is 0 Å². The lowest BCUT2D eigenvalue weighted by atomic mass is 9.89. The normalized spacial score (nSPS) is 19.9. The summed E-state index contributed by atoms with van der Waals surface area (Å²) >= 11 is 0. The predicted octanol–water partition coefficient (Wildman–Crippen LogP) is 2.18. The van der Waals surface area contributed by atoms with Gasteiger partial charge >= 0.3 is 0 Å². The first-order valence-electron chi connectivity index (χ1n) is 6.52. The molecule has 0 bridgehead atoms. The first kappa shape index (κ1) is 13.5. The van der Waals surface area contributed by atoms with E-state index in [1.807, 2.05) is 12.3 Å². The highest BCUT2D eigenvalue weighted by Gasteiger charge is 2.28. The Morgan fingerprint density at radius 1 is 1.44 bits per heavy atom. The molecule has 4 heteroatoms. The van der Waals surface area contributed by atoms with E-state index in [0.717, 1.165) is 18.5 Å². The maximum Gasteiger partial charge on any atom is 0.150 e. The first-order valence-corrected chi connectivity index (χ1v) is 8.48. The fourth-order valence-corrected chi connectivity index (χ4v) is 3.68. The third-order valence-electron chi connectivity index (χ3n) is 3.61. The van der Waals surface area contributed by atoms with Crippen molar-refractivity contribution in [3.05, 3.63) is 29.1 Å². The van der Waals surface area contributed by atoms with Crippen molar-refractivity contribution >= 4 is 9.84 Å². The zero-order valence-corrected chi connectivity index (χ0v) is 12.1. The van der Waals surface area contributed by atoms with Crippen molar-refractivity contribution in [2.75, 3.05) is 6.26 Å². The number of aryl methyl sites for hydroxylation is 1. The molecule has 0 amide bonds. The molecule has 1 aliphatic rings. The smallest absolute Gasteiger partial charge is 0.150 e. The molecule has 0 spiro atoms. The van der Waals surface area contributed by atoms with Crippen molar-refractivity contribution in [2.24, 2.45) is 5.92 Å². The molecule has 0 aromatic carbocycles. The summed E-state index contributed by atoms with van der Waals surface area (Å²) in [7, 11) is -2.94. The maximum absolute atomic E-state index is 11.7. The van der Waals surface area contributed by atoms with Crippen LogP contribution in [0.25, 0.3) is 0 Å². The summed E-state index contributed by atoms with van der Waals surface area (Å²) < 4.78 is 23.4. The minimum atomic E-state index is -2.94. The zero-order chi connectivity index (χ0) is 13.3. The highest BCUT2D eigenvalue weighted by molar-refractivity contribution is 7.91. The van der Waals surface area contributed by atoms with Crippen LogP contribution in [0.5, 0.6) is 0 Å². The van der Waals surface area contributed by atoms with Gasteiger partial charge in [-0.2, -0.15) is 0 Å². The van der Waals surface area contributed by atoms with Crippen molar-refractivity contribution in [1.29, 1.82) is 0 Å². The van der Waals surface area contributed by atoms with Gasteiger partial charge in [0.05, 0.1) is 5.25 Å². The Balaban J connectivity index is 2.34. The van der Waals surface area contributed by atoms with Gasteiger partial charge in [-0.3, -0.25) is 4.98 Å². The van der Waals surface area contributed by atoms with E-state index in [4.69, 9.17) is 0 Å². The van der Waals surface area contributed by atoms with Crippen molar-refractivity contribution in [2.45, 2.75) is 44.8 Å². The van der Waals surface area contributed by atoms with E-state index in [1.54, 1.807) is 0 Å². The van der Waals surface area contributed by atoms with Gasteiger partial charge in [-0.15, -0.1) is 0 Å². The summed E-state index contributed by atoms with van der Waals surface area (Å²) in [4.78, 5) is 4.41. The van der Waals surface area contributed by atoms with Crippen LogP contribution in [0.3, 0.4) is 0 Å². The molecule has 0 N–H and O–H groups in total. The second kappa shape index (κ2) is 5.00. The average Bonchev–Trinajstić information content (AvgIpc) is 2.27. The van der Waals surface area contributed by atoms with Gasteiger partial charge in [0.15, 0.2) is 9.84 Å². The number of hydrogen-bond acceptors (Lipinski definition) is 3. The summed E-state index contributed by atoms with van der Waals surface area (Å²) in [5, 5.41) is -0.222. The molecule has 2 rings (SSSR count). The van der Waals surface area contributed by atoms with Gasteiger partial charge < -0.3 is 0 Å². The molecule has 0 radical (unpaired) electrons. The topological polar surface area (TPSA) is 47.0 Å². The minimum Gasteiger partial charge on any atom is -0.261 e. The van der Waals surface area contributed by atoms with Crippen molar-refractivity contribution < 1.29 is 8.42 Å². The molecule has 1 aromatic heterocycles. The fourth-order valence-electron chi connectivity index (χ4n) is 2.67. The number of rotatable bonds is 3. The van der Waals surface area contributed by atoms with Gasteiger partial charge in [0, 0.05) is 18.1 Å². The molecule has 0 aliphatic heterocycles. The Kier molecular flexibility index (Phi) is 3.76. The van der Waals surface area contributed by atoms with Crippen LogP contribution >= 0.6 is 0 Å². The lowest BCUT2D eigenvalue weighted by molar-refractivity contribution is 0.560. The van der Waals surface area contributed by atoms with Crippen LogP contribution in [0.2, 0.25) is 0 Å². The SMILES string of the molecule is CC(C)Cc1ccnc2c1CC(S(C)(=O)=O)CC2. The van der Waals surface area contributed by atoms with Crippen molar-refractivity contribution in [1.82, 2.24) is 4.98 Å². The summed E-state index contributed by atoms with van der Waals surface area (Å²) in [6, 6.07) is 2.05. The van der Waals surface area contributed by atoms with E-state index in [2.05, 4.69) is 18.8 Å². The maximum atomic E-state index is 11.7. The lowest BCUT2D eigenvalue weighted by Gasteiger charge is -2.25. The molecule has 18 heavy (non-hydrogen) atoms. The molecular formula is C14H21NO2S. The van der Waals surface area contributed by atoms with Crippen LogP contribution < -0.4 is 0 Å². The lowest BCUT2D eigenvalue weighted by Crippen LogP contribution is -2.29. The summed E-state index contributed by atoms with van der Waals surface area (Å²) in [6.45, 7) is 4.37. The van der Waals surface area contributed by atoms with Gasteiger partial charge in [-0.1, -0.05) is 13.8 Å². The van der Waals surface area contributed by atoms with E-state index < -0.39 is 9.84 Å². The molecule has 1 heterocycles. The number of aromatic nitrogens is 1. The summed E-state index contributed by atoms with van der Waals surface area (Å²) in [5.74, 6) is 0.579. The third-order valence-corrected chi connectivity index (χ3v) is 5.22. The quantitative estimate of drug-likeness (QED) is 0.843. The van der Waals surface area contributed by atoms with Crippen LogP contribution in [0.15, 0.2) is 12.3 Å². The molecule has 1 atom stereocenters. The van der Waals surface area contributed by atoms with Gasteiger partial charge in [-0.25, -0.2) is 8.42 Å². The largest absolute Gasteiger partial charge is 0.261 e. The van der Waals surface area contributed by atoms with Gasteiger partial charge in [0.25, 0.3) is 0 Å². The molecular weight excluding hydrogens is 246 g/mol. The Morgan fingerprint density at radius 3 is 2.78 bits per heavy atom. The van der Waals surface area contributed by atoms with Crippen LogP contribution in [-0.2, 0) is 29.1 Å². The van der Waals surface area contributed by atoms with Crippen LogP contribution in [-0.4, -0.2) is 24.9 Å². The first-order chi connectivity index (χ1) is 8.38. The second-order valence-corrected chi connectivity index (χ2v) is 8.01. The van der Waals surface area contributed by atoms with Gasteiger partial charge in [0.1, 0.15) is 0 Å².